The van der Waals surface area contributed by atoms with Crippen molar-refractivity contribution in [3.63, 3.8) is 0 Å². The van der Waals surface area contributed by atoms with Crippen LogP contribution in [0.15, 0.2) is 34.0 Å². The van der Waals surface area contributed by atoms with Gasteiger partial charge in [0.15, 0.2) is 5.78 Å². The van der Waals surface area contributed by atoms with E-state index in [0.29, 0.717) is 16.4 Å². The van der Waals surface area contributed by atoms with Crippen LogP contribution in [0.2, 0.25) is 0 Å². The molecule has 0 heterocycles. The molecule has 0 unspecified atom stereocenters. The number of methoxy groups -OCH3 is 1. The first-order chi connectivity index (χ1) is 14.2. The van der Waals surface area contributed by atoms with Crippen LogP contribution in [0.25, 0.3) is 0 Å². The van der Waals surface area contributed by atoms with Gasteiger partial charge in [0.2, 0.25) is 0 Å². The van der Waals surface area contributed by atoms with Gasteiger partial charge < -0.3 is 14.6 Å². The molecule has 1 aliphatic rings. The number of carbonyl (C=O) groups is 3. The van der Waals surface area contributed by atoms with E-state index in [-0.39, 0.29) is 24.6 Å². The Morgan fingerprint density at radius 2 is 1.93 bits per heavy atom. The lowest BCUT2D eigenvalue weighted by molar-refractivity contribution is -0.151. The number of ketones is 1. The Morgan fingerprint density at radius 1 is 1.23 bits per heavy atom. The zero-order valence-corrected chi connectivity index (χ0v) is 20.2. The van der Waals surface area contributed by atoms with Gasteiger partial charge >= 0.3 is 11.9 Å². The van der Waals surface area contributed by atoms with E-state index in [9.17, 15) is 19.5 Å². The van der Waals surface area contributed by atoms with E-state index in [4.69, 9.17) is 4.74 Å². The molecule has 30 heavy (non-hydrogen) atoms. The minimum Gasteiger partial charge on any atom is -0.469 e. The third kappa shape index (κ3) is 8.71. The fraction of sp³-hybridized carbons (Fsp3) is 0.609. The lowest BCUT2D eigenvalue weighted by atomic mass is 9.82. The third-order valence-electron chi connectivity index (χ3n) is 4.95. The van der Waals surface area contributed by atoms with Gasteiger partial charge in [0.05, 0.1) is 16.6 Å². The highest BCUT2D eigenvalue weighted by Crippen LogP contribution is 2.40. The van der Waals surface area contributed by atoms with Crippen molar-refractivity contribution in [1.29, 1.82) is 0 Å². The predicted octanol–water partition coefficient (Wildman–Crippen LogP) is 4.59. The molecule has 0 radical (unpaired) electrons. The van der Waals surface area contributed by atoms with Gasteiger partial charge in [-0.1, -0.05) is 38.0 Å². The number of hydrogen-bond acceptors (Lipinski definition) is 6. The zero-order valence-electron chi connectivity index (χ0n) is 18.1. The molecule has 1 aliphatic carbocycles. The van der Waals surface area contributed by atoms with Crippen LogP contribution in [0.3, 0.4) is 0 Å². The fourth-order valence-corrected chi connectivity index (χ4v) is 4.26. The Bertz CT molecular complexity index is 681. The molecule has 0 aromatic rings. The second-order valence-electron chi connectivity index (χ2n) is 7.47. The quantitative estimate of drug-likeness (QED) is 0.162. The van der Waals surface area contributed by atoms with E-state index in [2.05, 4.69) is 11.7 Å². The maximum absolute atomic E-state index is 12.8. The highest BCUT2D eigenvalue weighted by Gasteiger charge is 2.50. The number of esters is 2. The lowest BCUT2D eigenvalue weighted by Crippen LogP contribution is -2.44. The Balaban J connectivity index is 2.88. The van der Waals surface area contributed by atoms with E-state index < -0.39 is 23.6 Å². The van der Waals surface area contributed by atoms with Crippen LogP contribution in [0, 0.1) is 5.92 Å². The summed E-state index contributed by atoms with van der Waals surface area (Å²) < 4.78 is 10.4. The summed E-state index contributed by atoms with van der Waals surface area (Å²) >= 11 is 1.92. The second-order valence-corrected chi connectivity index (χ2v) is 8.63. The first-order valence-corrected chi connectivity index (χ1v) is 11.5. The smallest absolute Gasteiger partial charge is 0.305 e. The molecule has 0 aliphatic heterocycles. The van der Waals surface area contributed by atoms with Gasteiger partial charge in [-0.15, -0.1) is 0 Å². The van der Waals surface area contributed by atoms with Crippen molar-refractivity contribution >= 4 is 40.3 Å². The van der Waals surface area contributed by atoms with Gasteiger partial charge in [0.25, 0.3) is 0 Å². The highest BCUT2D eigenvalue weighted by molar-refractivity contribution is 14.1. The van der Waals surface area contributed by atoms with Crippen LogP contribution in [0.1, 0.15) is 65.2 Å². The molecule has 7 heteroatoms. The molecule has 0 amide bonds. The minimum absolute atomic E-state index is 0.233. The molecule has 0 saturated carbocycles. The van der Waals surface area contributed by atoms with Crippen LogP contribution in [0.5, 0.6) is 0 Å². The molecule has 0 saturated heterocycles. The number of Topliss-reactive ketones (excluding diaryl/α,β-unsaturated/α-hetero) is 1. The number of unbranched alkanes of at least 4 members (excludes halogenated alkanes) is 4. The maximum atomic E-state index is 12.8. The lowest BCUT2D eigenvalue weighted by Gasteiger charge is -2.31. The molecule has 3 atom stereocenters. The van der Waals surface area contributed by atoms with Gasteiger partial charge in [0, 0.05) is 13.3 Å². The minimum atomic E-state index is -1.41. The van der Waals surface area contributed by atoms with E-state index >= 15 is 0 Å². The summed E-state index contributed by atoms with van der Waals surface area (Å²) in [4.78, 5) is 35.6. The first kappa shape index (κ1) is 26.6. The topological polar surface area (TPSA) is 89.9 Å². The van der Waals surface area contributed by atoms with Crippen LogP contribution >= 0.6 is 22.6 Å². The van der Waals surface area contributed by atoms with Crippen LogP contribution in [-0.4, -0.2) is 41.6 Å². The van der Waals surface area contributed by atoms with Crippen molar-refractivity contribution in [2.24, 2.45) is 5.92 Å². The van der Waals surface area contributed by atoms with Crippen LogP contribution < -0.4 is 0 Å². The second kappa shape index (κ2) is 13.7. The van der Waals surface area contributed by atoms with Crippen molar-refractivity contribution in [2.75, 3.05) is 7.11 Å². The van der Waals surface area contributed by atoms with Gasteiger partial charge in [-0.25, -0.2) is 0 Å². The molecular weight excluding hydrogens is 499 g/mol. The summed E-state index contributed by atoms with van der Waals surface area (Å²) in [5.74, 6) is -1.94. The zero-order chi connectivity index (χ0) is 22.6. The summed E-state index contributed by atoms with van der Waals surface area (Å²) in [6.07, 6.45) is 14.0. The molecule has 1 N–H and O–H groups in total. The number of halogens is 1. The number of rotatable bonds is 13. The standard InChI is InChI=1S/C23H33IO6/c1-4-5-6-7-8-12-15-23(28)16-18(24)22(27)21(23)19(30-17(2)25)13-10-9-11-14-20(26)29-3/h8,10,12-13,16,19,21,28H,4-7,9,11,14-15H2,1-3H3/t19-,21-,23+/m0/s1. The van der Waals surface area contributed by atoms with Crippen molar-refractivity contribution in [1.82, 2.24) is 0 Å². The average molecular weight is 532 g/mol. The molecule has 168 valence electrons. The van der Waals surface area contributed by atoms with Gasteiger partial charge in [0.1, 0.15) is 11.7 Å². The Hall–Kier alpha value is -1.48. The number of hydrogen-bond donors (Lipinski definition) is 1. The summed E-state index contributed by atoms with van der Waals surface area (Å²) in [5.41, 5.74) is -1.41. The largest absolute Gasteiger partial charge is 0.469 e. The van der Waals surface area contributed by atoms with Crippen molar-refractivity contribution in [2.45, 2.75) is 76.9 Å². The average Bonchev–Trinajstić information content (AvgIpc) is 2.91. The Kier molecular flexibility index (Phi) is 12.2. The maximum Gasteiger partial charge on any atom is 0.305 e. The number of aliphatic hydroxyl groups is 1. The van der Waals surface area contributed by atoms with E-state index in [0.717, 1.165) is 25.7 Å². The molecule has 0 aromatic carbocycles. The molecule has 0 bridgehead atoms. The first-order valence-electron chi connectivity index (χ1n) is 10.5. The van der Waals surface area contributed by atoms with E-state index in [1.165, 1.54) is 14.0 Å². The fourth-order valence-electron chi connectivity index (χ4n) is 3.38. The molecule has 1 rings (SSSR count). The summed E-state index contributed by atoms with van der Waals surface area (Å²) in [5, 5.41) is 11.2. The molecule has 0 spiro atoms. The third-order valence-corrected chi connectivity index (χ3v) is 5.80. The normalized spacial score (nSPS) is 22.5. The Morgan fingerprint density at radius 3 is 2.57 bits per heavy atom. The number of ether oxygens (including phenoxy) is 2. The molecule has 6 nitrogen and oxygen atoms in total. The number of allylic oxidation sites excluding steroid dienone is 3. The van der Waals surface area contributed by atoms with Gasteiger partial charge in [-0.3, -0.25) is 14.4 Å². The Labute approximate surface area is 192 Å². The SMILES string of the molecule is CCCCCC=CC[C@@]1(O)C=C(I)C(=O)[C@@H]1[C@H](C=CCCCC(=O)OC)OC(C)=O. The molecule has 0 fully saturated rings. The van der Waals surface area contributed by atoms with E-state index in [1.807, 2.05) is 34.7 Å². The van der Waals surface area contributed by atoms with Gasteiger partial charge in [-0.05, 0) is 66.8 Å². The van der Waals surface area contributed by atoms with Crippen molar-refractivity contribution in [3.05, 3.63) is 34.0 Å². The van der Waals surface area contributed by atoms with Crippen molar-refractivity contribution < 1.29 is 29.0 Å². The number of carbonyl (C=O) groups excluding carboxylic acids is 3. The summed E-state index contributed by atoms with van der Waals surface area (Å²) in [6, 6.07) is 0. The molecule has 0 aromatic heterocycles. The van der Waals surface area contributed by atoms with Crippen molar-refractivity contribution in [3.8, 4) is 0 Å². The summed E-state index contributed by atoms with van der Waals surface area (Å²) in [6.45, 7) is 3.43. The van der Waals surface area contributed by atoms with Gasteiger partial charge in [-0.2, -0.15) is 0 Å². The molecular formula is C23H33IO6. The summed E-state index contributed by atoms with van der Waals surface area (Å²) in [7, 11) is 1.34. The van der Waals surface area contributed by atoms with E-state index in [1.54, 1.807) is 18.2 Å². The predicted molar refractivity (Wildman–Crippen MR) is 124 cm³/mol. The monoisotopic (exact) mass is 532 g/mol. The van der Waals surface area contributed by atoms with Crippen LogP contribution in [-0.2, 0) is 23.9 Å². The van der Waals surface area contributed by atoms with Crippen LogP contribution in [0.4, 0.5) is 0 Å². The highest BCUT2D eigenvalue weighted by atomic mass is 127.